The molecule has 20 heavy (non-hydrogen) atoms. The van der Waals surface area contributed by atoms with E-state index < -0.39 is 5.60 Å². The van der Waals surface area contributed by atoms with Crippen molar-refractivity contribution in [1.82, 2.24) is 0 Å². The molecular weight excluding hydrogens is 250 g/mol. The maximum atomic E-state index is 12.6. The van der Waals surface area contributed by atoms with Gasteiger partial charge < -0.3 is 0 Å². The molecule has 2 aromatic rings. The van der Waals surface area contributed by atoms with Gasteiger partial charge in [0, 0.05) is 5.56 Å². The summed E-state index contributed by atoms with van der Waals surface area (Å²) in [6.45, 7) is 1.85. The number of hydrogen-bond donors (Lipinski definition) is 1. The molecule has 0 aliphatic heterocycles. The van der Waals surface area contributed by atoms with Crippen LogP contribution in [0.15, 0.2) is 54.6 Å². The molecule has 1 aliphatic rings. The minimum Gasteiger partial charge on any atom is -0.291 e. The van der Waals surface area contributed by atoms with Crippen molar-refractivity contribution >= 4 is 11.5 Å². The predicted molar refractivity (Wildman–Crippen MR) is 78.6 cm³/mol. The van der Waals surface area contributed by atoms with E-state index in [0.29, 0.717) is 6.42 Å². The van der Waals surface area contributed by atoms with Gasteiger partial charge in [0.15, 0.2) is 11.4 Å². The van der Waals surface area contributed by atoms with Crippen molar-refractivity contribution in [3.63, 3.8) is 0 Å². The zero-order valence-electron chi connectivity index (χ0n) is 11.4. The molecule has 2 aromatic carbocycles. The summed E-state index contributed by atoms with van der Waals surface area (Å²) in [6, 6.07) is 17.4. The average molecular weight is 267 g/mol. The van der Waals surface area contributed by atoms with Gasteiger partial charge in [-0.15, -0.1) is 0 Å². The Morgan fingerprint density at radius 3 is 2.55 bits per heavy atom. The highest BCUT2D eigenvalue weighted by atomic mass is 16.7. The van der Waals surface area contributed by atoms with Crippen molar-refractivity contribution in [1.29, 1.82) is 0 Å². The zero-order valence-corrected chi connectivity index (χ0v) is 11.4. The third-order valence-corrected chi connectivity index (χ3v) is 3.78. The highest BCUT2D eigenvalue weighted by Gasteiger charge is 2.40. The standard InChI is InChI=1S/C17H17NO2/c1-17(20-18-14-8-3-2-4-9-14)12-11-13-7-5-6-10-15(13)16(17)19/h2-10,18H,11-12H2,1H3/t17-/m1/s1. The minimum atomic E-state index is -0.815. The Bertz CT molecular complexity index is 624. The summed E-state index contributed by atoms with van der Waals surface area (Å²) in [5.41, 5.74) is 4.81. The number of fused-ring (bicyclic) bond motifs is 1. The fraction of sp³-hybridized carbons (Fsp3) is 0.235. The van der Waals surface area contributed by atoms with Crippen molar-refractivity contribution < 1.29 is 9.63 Å². The van der Waals surface area contributed by atoms with Crippen LogP contribution in [0.4, 0.5) is 5.69 Å². The van der Waals surface area contributed by atoms with Gasteiger partial charge in [0.1, 0.15) is 0 Å². The van der Waals surface area contributed by atoms with E-state index in [1.54, 1.807) is 0 Å². The van der Waals surface area contributed by atoms with Crippen LogP contribution < -0.4 is 5.48 Å². The minimum absolute atomic E-state index is 0.0442. The summed E-state index contributed by atoms with van der Waals surface area (Å²) in [5.74, 6) is 0.0442. The molecule has 0 heterocycles. The Morgan fingerprint density at radius 1 is 1.05 bits per heavy atom. The monoisotopic (exact) mass is 267 g/mol. The second-order valence-electron chi connectivity index (χ2n) is 5.29. The topological polar surface area (TPSA) is 38.3 Å². The van der Waals surface area contributed by atoms with Gasteiger partial charge in [-0.05, 0) is 37.5 Å². The number of carbonyl (C=O) groups excluding carboxylic acids is 1. The van der Waals surface area contributed by atoms with Crippen LogP contribution in [0.25, 0.3) is 0 Å². The Hall–Kier alpha value is -2.13. The maximum Gasteiger partial charge on any atom is 0.197 e. The van der Waals surface area contributed by atoms with Crippen LogP contribution in [0.1, 0.15) is 29.3 Å². The van der Waals surface area contributed by atoms with Crippen LogP contribution in [0, 0.1) is 0 Å². The Morgan fingerprint density at radius 2 is 1.75 bits per heavy atom. The number of benzene rings is 2. The first-order valence-corrected chi connectivity index (χ1v) is 6.81. The number of carbonyl (C=O) groups is 1. The van der Waals surface area contributed by atoms with E-state index in [-0.39, 0.29) is 5.78 Å². The van der Waals surface area contributed by atoms with Crippen LogP contribution in [0.2, 0.25) is 0 Å². The lowest BCUT2D eigenvalue weighted by Crippen LogP contribution is -2.43. The third kappa shape index (κ3) is 2.32. The summed E-state index contributed by atoms with van der Waals surface area (Å²) in [5, 5.41) is 0. The molecule has 0 unspecified atom stereocenters. The molecule has 0 aromatic heterocycles. The number of rotatable bonds is 3. The van der Waals surface area contributed by atoms with E-state index in [1.165, 1.54) is 0 Å². The average Bonchev–Trinajstić information content (AvgIpc) is 2.51. The first-order valence-electron chi connectivity index (χ1n) is 6.81. The smallest absolute Gasteiger partial charge is 0.197 e. The lowest BCUT2D eigenvalue weighted by molar-refractivity contribution is 0.00413. The first-order chi connectivity index (χ1) is 9.69. The van der Waals surface area contributed by atoms with Gasteiger partial charge in [-0.25, -0.2) is 0 Å². The summed E-state index contributed by atoms with van der Waals surface area (Å²) in [6.07, 6.45) is 1.54. The van der Waals surface area contributed by atoms with Crippen molar-refractivity contribution in [2.45, 2.75) is 25.4 Å². The van der Waals surface area contributed by atoms with Gasteiger partial charge in [0.05, 0.1) is 5.69 Å². The van der Waals surface area contributed by atoms with Crippen molar-refractivity contribution in [3.05, 3.63) is 65.7 Å². The summed E-state index contributed by atoms with van der Waals surface area (Å²) < 4.78 is 0. The van der Waals surface area contributed by atoms with E-state index in [0.717, 1.165) is 23.2 Å². The fourth-order valence-electron chi connectivity index (χ4n) is 2.51. The zero-order chi connectivity index (χ0) is 14.0. The van der Waals surface area contributed by atoms with E-state index >= 15 is 0 Å². The van der Waals surface area contributed by atoms with E-state index in [1.807, 2.05) is 61.5 Å². The molecule has 0 radical (unpaired) electrons. The predicted octanol–water partition coefficient (Wildman–Crippen LogP) is 3.62. The van der Waals surface area contributed by atoms with Gasteiger partial charge in [-0.3, -0.25) is 15.1 Å². The maximum absolute atomic E-state index is 12.6. The largest absolute Gasteiger partial charge is 0.291 e. The Kier molecular flexibility index (Phi) is 3.28. The molecule has 3 rings (SSSR count). The lowest BCUT2D eigenvalue weighted by Gasteiger charge is -2.32. The van der Waals surface area contributed by atoms with Crippen molar-refractivity contribution in [2.24, 2.45) is 0 Å². The molecule has 1 aliphatic carbocycles. The lowest BCUT2D eigenvalue weighted by atomic mass is 9.80. The summed E-state index contributed by atoms with van der Waals surface area (Å²) >= 11 is 0. The number of nitrogens with one attached hydrogen (secondary N) is 1. The Labute approximate surface area is 118 Å². The number of anilines is 1. The van der Waals surface area contributed by atoms with Crippen molar-refractivity contribution in [2.75, 3.05) is 5.48 Å². The van der Waals surface area contributed by atoms with Gasteiger partial charge in [0.2, 0.25) is 0 Å². The molecule has 0 amide bonds. The van der Waals surface area contributed by atoms with E-state index in [2.05, 4.69) is 5.48 Å². The SMILES string of the molecule is C[C@@]1(ONc2ccccc2)CCc2ccccc2C1=O. The van der Waals surface area contributed by atoms with Crippen LogP contribution in [-0.2, 0) is 11.3 Å². The summed E-state index contributed by atoms with van der Waals surface area (Å²) in [7, 11) is 0. The molecule has 1 N–H and O–H groups in total. The highest BCUT2D eigenvalue weighted by molar-refractivity contribution is 6.04. The van der Waals surface area contributed by atoms with Crippen LogP contribution in [0.5, 0.6) is 0 Å². The molecule has 0 bridgehead atoms. The number of hydrogen-bond acceptors (Lipinski definition) is 3. The molecule has 0 spiro atoms. The molecule has 3 nitrogen and oxygen atoms in total. The first kappa shape index (κ1) is 12.9. The second kappa shape index (κ2) is 5.10. The molecule has 102 valence electrons. The summed E-state index contributed by atoms with van der Waals surface area (Å²) in [4.78, 5) is 18.3. The molecule has 0 fully saturated rings. The van der Waals surface area contributed by atoms with E-state index in [9.17, 15) is 4.79 Å². The number of ketones is 1. The molecule has 1 atom stereocenters. The normalized spacial score (nSPS) is 21.4. The van der Waals surface area contributed by atoms with Gasteiger partial charge in [-0.2, -0.15) is 0 Å². The van der Waals surface area contributed by atoms with Crippen LogP contribution in [0.3, 0.4) is 0 Å². The number of aryl methyl sites for hydroxylation is 1. The fourth-order valence-corrected chi connectivity index (χ4v) is 2.51. The second-order valence-corrected chi connectivity index (χ2v) is 5.29. The third-order valence-electron chi connectivity index (χ3n) is 3.78. The van der Waals surface area contributed by atoms with Gasteiger partial charge in [0.25, 0.3) is 0 Å². The Balaban J connectivity index is 1.78. The van der Waals surface area contributed by atoms with Gasteiger partial charge >= 0.3 is 0 Å². The molecule has 0 saturated carbocycles. The van der Waals surface area contributed by atoms with Crippen molar-refractivity contribution in [3.8, 4) is 0 Å². The van der Waals surface area contributed by atoms with Crippen LogP contribution >= 0.6 is 0 Å². The number of para-hydroxylation sites is 1. The molecule has 0 saturated heterocycles. The quantitative estimate of drug-likeness (QED) is 0.863. The molecular formula is C17H17NO2. The highest BCUT2D eigenvalue weighted by Crippen LogP contribution is 2.31. The number of Topliss-reactive ketones (excluding diaryl/α,β-unsaturated/α-hetero) is 1. The van der Waals surface area contributed by atoms with Crippen LogP contribution in [-0.4, -0.2) is 11.4 Å². The van der Waals surface area contributed by atoms with Gasteiger partial charge in [-0.1, -0.05) is 42.5 Å². The van der Waals surface area contributed by atoms with E-state index in [4.69, 9.17) is 4.84 Å². The molecule has 3 heteroatoms.